The Labute approximate surface area is 135 Å². The van der Waals surface area contributed by atoms with Crippen molar-refractivity contribution in [2.45, 2.75) is 39.9 Å². The SMILES string of the molecule is Cc1noc(C)c1COc1ccccc1C(=O)NCCC(C)O. The van der Waals surface area contributed by atoms with Crippen molar-refractivity contribution in [3.63, 3.8) is 0 Å². The van der Waals surface area contributed by atoms with E-state index in [4.69, 9.17) is 9.26 Å². The van der Waals surface area contributed by atoms with Gasteiger partial charge in [0.1, 0.15) is 18.1 Å². The van der Waals surface area contributed by atoms with E-state index in [1.807, 2.05) is 19.9 Å². The first-order chi connectivity index (χ1) is 11.0. The Hall–Kier alpha value is -2.34. The molecule has 6 nitrogen and oxygen atoms in total. The standard InChI is InChI=1S/C17H22N2O4/c1-11(20)8-9-18-17(21)14-6-4-5-7-16(14)22-10-15-12(2)19-23-13(15)3/h4-7,11,20H,8-10H2,1-3H3,(H,18,21). The van der Waals surface area contributed by atoms with Crippen LogP contribution in [0.2, 0.25) is 0 Å². The van der Waals surface area contributed by atoms with E-state index in [1.165, 1.54) is 0 Å². The Morgan fingerprint density at radius 2 is 2.13 bits per heavy atom. The topological polar surface area (TPSA) is 84.6 Å². The number of carbonyl (C=O) groups is 1. The molecule has 1 aromatic heterocycles. The number of nitrogens with zero attached hydrogens (tertiary/aromatic N) is 1. The third-order valence-corrected chi connectivity index (χ3v) is 3.53. The Morgan fingerprint density at radius 1 is 1.39 bits per heavy atom. The number of hydrogen-bond acceptors (Lipinski definition) is 5. The normalized spacial score (nSPS) is 12.0. The number of ether oxygens (including phenoxy) is 1. The number of nitrogens with one attached hydrogen (secondary N) is 1. The molecule has 6 heteroatoms. The summed E-state index contributed by atoms with van der Waals surface area (Å²) in [7, 11) is 0. The number of para-hydroxylation sites is 1. The Balaban J connectivity index is 2.04. The number of aryl methyl sites for hydroxylation is 2. The second-order valence-electron chi connectivity index (χ2n) is 5.48. The lowest BCUT2D eigenvalue weighted by atomic mass is 10.1. The molecule has 0 aliphatic heterocycles. The van der Waals surface area contributed by atoms with Crippen LogP contribution in [0, 0.1) is 13.8 Å². The van der Waals surface area contributed by atoms with Gasteiger partial charge in [-0.3, -0.25) is 4.79 Å². The quantitative estimate of drug-likeness (QED) is 0.819. The first kappa shape index (κ1) is 17.0. The molecule has 0 aliphatic rings. The summed E-state index contributed by atoms with van der Waals surface area (Å²) in [6.45, 7) is 6.07. The van der Waals surface area contributed by atoms with Gasteiger partial charge in [0.25, 0.3) is 5.91 Å². The molecule has 0 bridgehead atoms. The Kier molecular flexibility index (Phi) is 5.76. The molecule has 0 saturated carbocycles. The monoisotopic (exact) mass is 318 g/mol. The minimum Gasteiger partial charge on any atom is -0.488 e. The molecule has 124 valence electrons. The fourth-order valence-electron chi connectivity index (χ4n) is 2.13. The van der Waals surface area contributed by atoms with E-state index in [0.717, 1.165) is 11.3 Å². The van der Waals surface area contributed by atoms with Crippen LogP contribution in [0.1, 0.15) is 40.7 Å². The first-order valence-corrected chi connectivity index (χ1v) is 7.59. The summed E-state index contributed by atoms with van der Waals surface area (Å²) >= 11 is 0. The summed E-state index contributed by atoms with van der Waals surface area (Å²) in [5.41, 5.74) is 2.13. The summed E-state index contributed by atoms with van der Waals surface area (Å²) in [5.74, 6) is 0.989. The van der Waals surface area contributed by atoms with E-state index in [2.05, 4.69) is 10.5 Å². The average molecular weight is 318 g/mol. The van der Waals surface area contributed by atoms with Gasteiger partial charge in [0, 0.05) is 6.54 Å². The van der Waals surface area contributed by atoms with Crippen molar-refractivity contribution in [2.75, 3.05) is 6.54 Å². The molecular formula is C17H22N2O4. The van der Waals surface area contributed by atoms with E-state index in [9.17, 15) is 9.90 Å². The van der Waals surface area contributed by atoms with Gasteiger partial charge < -0.3 is 19.7 Å². The van der Waals surface area contributed by atoms with Crippen molar-refractivity contribution in [2.24, 2.45) is 0 Å². The van der Waals surface area contributed by atoms with E-state index in [1.54, 1.807) is 25.1 Å². The van der Waals surface area contributed by atoms with Gasteiger partial charge in [0.15, 0.2) is 0 Å². The molecule has 23 heavy (non-hydrogen) atoms. The average Bonchev–Trinajstić information content (AvgIpc) is 2.84. The lowest BCUT2D eigenvalue weighted by Crippen LogP contribution is -2.27. The van der Waals surface area contributed by atoms with Crippen molar-refractivity contribution in [3.05, 3.63) is 46.8 Å². The maximum absolute atomic E-state index is 12.2. The van der Waals surface area contributed by atoms with Gasteiger partial charge in [-0.1, -0.05) is 17.3 Å². The molecule has 1 aromatic carbocycles. The van der Waals surface area contributed by atoms with E-state index >= 15 is 0 Å². The van der Waals surface area contributed by atoms with Crippen LogP contribution in [0.25, 0.3) is 0 Å². The number of carbonyl (C=O) groups excluding carboxylic acids is 1. The predicted octanol–water partition coefficient (Wildman–Crippen LogP) is 2.37. The highest BCUT2D eigenvalue weighted by molar-refractivity contribution is 5.96. The highest BCUT2D eigenvalue weighted by atomic mass is 16.5. The van der Waals surface area contributed by atoms with E-state index in [0.29, 0.717) is 36.6 Å². The van der Waals surface area contributed by atoms with Crippen LogP contribution in [-0.4, -0.2) is 28.8 Å². The van der Waals surface area contributed by atoms with E-state index < -0.39 is 6.10 Å². The largest absolute Gasteiger partial charge is 0.488 e. The van der Waals surface area contributed by atoms with Crippen molar-refractivity contribution >= 4 is 5.91 Å². The minimum atomic E-state index is -0.443. The lowest BCUT2D eigenvalue weighted by molar-refractivity contribution is 0.0941. The second kappa shape index (κ2) is 7.78. The molecule has 0 saturated heterocycles. The van der Waals surface area contributed by atoms with Gasteiger partial charge in [0.05, 0.1) is 22.9 Å². The molecule has 0 fully saturated rings. The molecule has 2 aromatic rings. The molecular weight excluding hydrogens is 296 g/mol. The third-order valence-electron chi connectivity index (χ3n) is 3.53. The molecule has 2 N–H and O–H groups in total. The number of benzene rings is 1. The van der Waals surface area contributed by atoms with Crippen LogP contribution < -0.4 is 10.1 Å². The highest BCUT2D eigenvalue weighted by Gasteiger charge is 2.14. The number of rotatable bonds is 7. The maximum Gasteiger partial charge on any atom is 0.255 e. The fraction of sp³-hybridized carbons (Fsp3) is 0.412. The van der Waals surface area contributed by atoms with Gasteiger partial charge in [0.2, 0.25) is 0 Å². The Bertz CT molecular complexity index is 645. The predicted molar refractivity (Wildman–Crippen MR) is 85.4 cm³/mol. The molecule has 1 unspecified atom stereocenters. The van der Waals surface area contributed by atoms with Gasteiger partial charge in [-0.2, -0.15) is 0 Å². The molecule has 1 heterocycles. The zero-order valence-electron chi connectivity index (χ0n) is 13.6. The number of hydrogen-bond donors (Lipinski definition) is 2. The number of amides is 1. The van der Waals surface area contributed by atoms with Crippen LogP contribution >= 0.6 is 0 Å². The summed E-state index contributed by atoms with van der Waals surface area (Å²) in [4.78, 5) is 12.2. The maximum atomic E-state index is 12.2. The number of aliphatic hydroxyl groups is 1. The van der Waals surface area contributed by atoms with Gasteiger partial charge in [-0.15, -0.1) is 0 Å². The van der Waals surface area contributed by atoms with Crippen LogP contribution in [0.4, 0.5) is 0 Å². The zero-order valence-corrected chi connectivity index (χ0v) is 13.6. The molecule has 1 atom stereocenters. The van der Waals surface area contributed by atoms with Gasteiger partial charge in [-0.25, -0.2) is 0 Å². The van der Waals surface area contributed by atoms with Gasteiger partial charge in [-0.05, 0) is 39.3 Å². The van der Waals surface area contributed by atoms with Crippen molar-refractivity contribution < 1.29 is 19.2 Å². The van der Waals surface area contributed by atoms with Crippen molar-refractivity contribution in [1.29, 1.82) is 0 Å². The van der Waals surface area contributed by atoms with Crippen LogP contribution in [0.5, 0.6) is 5.75 Å². The van der Waals surface area contributed by atoms with Crippen LogP contribution in [0.3, 0.4) is 0 Å². The highest BCUT2D eigenvalue weighted by Crippen LogP contribution is 2.21. The fourth-order valence-corrected chi connectivity index (χ4v) is 2.13. The lowest BCUT2D eigenvalue weighted by Gasteiger charge is -2.12. The van der Waals surface area contributed by atoms with E-state index in [-0.39, 0.29) is 5.91 Å². The number of aromatic nitrogens is 1. The first-order valence-electron chi connectivity index (χ1n) is 7.59. The molecule has 1 amide bonds. The Morgan fingerprint density at radius 3 is 2.78 bits per heavy atom. The summed E-state index contributed by atoms with van der Waals surface area (Å²) < 4.78 is 10.9. The van der Waals surface area contributed by atoms with Crippen LogP contribution in [-0.2, 0) is 6.61 Å². The third kappa shape index (κ3) is 4.56. The molecule has 2 rings (SSSR count). The smallest absolute Gasteiger partial charge is 0.255 e. The van der Waals surface area contributed by atoms with Crippen LogP contribution in [0.15, 0.2) is 28.8 Å². The summed E-state index contributed by atoms with van der Waals surface area (Å²) in [6.07, 6.45) is 0.0646. The number of aliphatic hydroxyl groups excluding tert-OH is 1. The zero-order chi connectivity index (χ0) is 16.8. The van der Waals surface area contributed by atoms with Gasteiger partial charge >= 0.3 is 0 Å². The minimum absolute atomic E-state index is 0.222. The van der Waals surface area contributed by atoms with Crippen molar-refractivity contribution in [1.82, 2.24) is 10.5 Å². The van der Waals surface area contributed by atoms with Crippen molar-refractivity contribution in [3.8, 4) is 5.75 Å². The molecule has 0 spiro atoms. The summed E-state index contributed by atoms with van der Waals surface area (Å²) in [6, 6.07) is 7.06. The molecule has 0 aliphatic carbocycles. The second-order valence-corrected chi connectivity index (χ2v) is 5.48. The molecule has 0 radical (unpaired) electrons. The summed E-state index contributed by atoms with van der Waals surface area (Å²) in [5, 5.41) is 15.9.